The topological polar surface area (TPSA) is 117 Å². The van der Waals surface area contributed by atoms with E-state index >= 15 is 0 Å². The van der Waals surface area contributed by atoms with E-state index in [9.17, 15) is 9.59 Å². The van der Waals surface area contributed by atoms with E-state index in [1.165, 1.54) is 17.3 Å². The lowest BCUT2D eigenvalue weighted by Gasteiger charge is -2.17. The third kappa shape index (κ3) is 3.63. The normalized spacial score (nSPS) is 10.4. The maximum atomic E-state index is 13.1. The average Bonchev–Trinajstić information content (AvgIpc) is 3.23. The summed E-state index contributed by atoms with van der Waals surface area (Å²) >= 11 is 0. The van der Waals surface area contributed by atoms with Crippen molar-refractivity contribution in [3.63, 3.8) is 0 Å². The minimum absolute atomic E-state index is 0.328. The standard InChI is InChI=1S/C23H16N6O2/c1-2-28(21-8-3-15(12-24)13-26-21)23(31)18-9-10-29-20(11-18)19(14-27-29)16-4-6-17(7-5-16)22(25)30/h2-11,13-14H,1H2,(H2,25,30). The molecule has 0 aliphatic rings. The zero-order valence-corrected chi connectivity index (χ0v) is 16.3. The molecule has 0 aliphatic heterocycles. The quantitative estimate of drug-likeness (QED) is 0.544. The number of primary amides is 1. The Morgan fingerprint density at radius 3 is 2.48 bits per heavy atom. The number of fused-ring (bicyclic) bond motifs is 1. The van der Waals surface area contributed by atoms with E-state index in [0.29, 0.717) is 22.5 Å². The number of aromatic nitrogens is 3. The van der Waals surface area contributed by atoms with Gasteiger partial charge in [0.05, 0.1) is 17.3 Å². The Kier molecular flexibility index (Phi) is 5.00. The first-order valence-corrected chi connectivity index (χ1v) is 9.21. The molecule has 0 saturated heterocycles. The molecular formula is C23H16N6O2. The monoisotopic (exact) mass is 408 g/mol. The van der Waals surface area contributed by atoms with E-state index in [2.05, 4.69) is 16.7 Å². The van der Waals surface area contributed by atoms with Gasteiger partial charge in [-0.25, -0.2) is 9.50 Å². The Hall–Kier alpha value is -4.77. The average molecular weight is 408 g/mol. The summed E-state index contributed by atoms with van der Waals surface area (Å²) in [5, 5.41) is 13.3. The van der Waals surface area contributed by atoms with Crippen LogP contribution in [0.4, 0.5) is 5.82 Å². The molecule has 31 heavy (non-hydrogen) atoms. The van der Waals surface area contributed by atoms with Crippen molar-refractivity contribution < 1.29 is 9.59 Å². The van der Waals surface area contributed by atoms with Gasteiger partial charge in [0.1, 0.15) is 11.9 Å². The summed E-state index contributed by atoms with van der Waals surface area (Å²) in [5.41, 5.74) is 8.87. The zero-order chi connectivity index (χ0) is 22.0. The van der Waals surface area contributed by atoms with Crippen LogP contribution < -0.4 is 10.6 Å². The molecule has 0 unspecified atom stereocenters. The first-order chi connectivity index (χ1) is 15.0. The molecule has 0 aliphatic carbocycles. The van der Waals surface area contributed by atoms with Crippen LogP contribution in [-0.4, -0.2) is 26.4 Å². The van der Waals surface area contributed by atoms with E-state index in [4.69, 9.17) is 11.0 Å². The Morgan fingerprint density at radius 2 is 1.87 bits per heavy atom. The lowest BCUT2D eigenvalue weighted by molar-refractivity contribution is 0.0990. The van der Waals surface area contributed by atoms with Crippen LogP contribution in [0.25, 0.3) is 16.6 Å². The minimum Gasteiger partial charge on any atom is -0.366 e. The minimum atomic E-state index is -0.500. The molecule has 0 atom stereocenters. The number of hydrogen-bond donors (Lipinski definition) is 1. The van der Waals surface area contributed by atoms with Gasteiger partial charge in [0.25, 0.3) is 5.91 Å². The summed E-state index contributed by atoms with van der Waals surface area (Å²) in [6, 6.07) is 15.4. The van der Waals surface area contributed by atoms with E-state index in [0.717, 1.165) is 16.6 Å². The Morgan fingerprint density at radius 1 is 1.10 bits per heavy atom. The molecule has 0 saturated carbocycles. The predicted molar refractivity (Wildman–Crippen MR) is 115 cm³/mol. The molecule has 2 N–H and O–H groups in total. The number of carbonyl (C=O) groups is 2. The first-order valence-electron chi connectivity index (χ1n) is 9.21. The largest absolute Gasteiger partial charge is 0.366 e. The van der Waals surface area contributed by atoms with E-state index < -0.39 is 5.91 Å². The molecule has 150 valence electrons. The number of nitrogens with zero attached hydrogens (tertiary/aromatic N) is 5. The Balaban J connectivity index is 1.71. The number of nitriles is 1. The van der Waals surface area contributed by atoms with Gasteiger partial charge < -0.3 is 5.73 Å². The highest BCUT2D eigenvalue weighted by Crippen LogP contribution is 2.26. The second kappa shape index (κ2) is 7.93. The van der Waals surface area contributed by atoms with Crippen LogP contribution in [0.5, 0.6) is 0 Å². The molecule has 2 amide bonds. The molecule has 1 aromatic carbocycles. The van der Waals surface area contributed by atoms with Gasteiger partial charge in [0.15, 0.2) is 0 Å². The summed E-state index contributed by atoms with van der Waals surface area (Å²) in [4.78, 5) is 29.9. The number of amides is 2. The van der Waals surface area contributed by atoms with Gasteiger partial charge in [-0.05, 0) is 42.0 Å². The molecule has 0 bridgehead atoms. The number of hydrogen-bond acceptors (Lipinski definition) is 5. The molecule has 0 fully saturated rings. The summed E-state index contributed by atoms with van der Waals surface area (Å²) in [6.45, 7) is 3.71. The first kappa shape index (κ1) is 19.5. The summed E-state index contributed by atoms with van der Waals surface area (Å²) in [6.07, 6.45) is 6.15. The van der Waals surface area contributed by atoms with Crippen LogP contribution in [0.3, 0.4) is 0 Å². The van der Waals surface area contributed by atoms with Crippen LogP contribution in [0.15, 0.2) is 79.9 Å². The fraction of sp³-hybridized carbons (Fsp3) is 0. The molecule has 3 aromatic heterocycles. The van der Waals surface area contributed by atoms with E-state index in [-0.39, 0.29) is 5.91 Å². The second-order valence-corrected chi connectivity index (χ2v) is 6.62. The highest BCUT2D eigenvalue weighted by molar-refractivity contribution is 6.07. The summed E-state index contributed by atoms with van der Waals surface area (Å²) in [5.74, 6) is -0.471. The molecule has 3 heterocycles. The fourth-order valence-corrected chi connectivity index (χ4v) is 3.16. The van der Waals surface area contributed by atoms with Crippen molar-refractivity contribution in [1.29, 1.82) is 5.26 Å². The van der Waals surface area contributed by atoms with Crippen molar-refractivity contribution >= 4 is 23.1 Å². The number of benzene rings is 1. The van der Waals surface area contributed by atoms with Crippen molar-refractivity contribution in [2.45, 2.75) is 0 Å². The molecule has 8 nitrogen and oxygen atoms in total. The fourth-order valence-electron chi connectivity index (χ4n) is 3.16. The van der Waals surface area contributed by atoms with Crippen LogP contribution in [0, 0.1) is 11.3 Å². The summed E-state index contributed by atoms with van der Waals surface area (Å²) in [7, 11) is 0. The van der Waals surface area contributed by atoms with Gasteiger partial charge in [0.2, 0.25) is 5.91 Å². The van der Waals surface area contributed by atoms with Gasteiger partial charge >= 0.3 is 0 Å². The highest BCUT2D eigenvalue weighted by atomic mass is 16.2. The lowest BCUT2D eigenvalue weighted by Crippen LogP contribution is -2.25. The lowest BCUT2D eigenvalue weighted by atomic mass is 10.0. The third-order valence-electron chi connectivity index (χ3n) is 4.77. The van der Waals surface area contributed by atoms with Gasteiger partial charge in [-0.2, -0.15) is 10.4 Å². The summed E-state index contributed by atoms with van der Waals surface area (Å²) < 4.78 is 1.66. The number of pyridine rings is 2. The van der Waals surface area contributed by atoms with E-state index in [1.54, 1.807) is 65.4 Å². The molecule has 0 radical (unpaired) electrons. The SMILES string of the molecule is C=CN(C(=O)c1ccn2ncc(-c3ccc(C(N)=O)cc3)c2c1)c1ccc(C#N)cn1. The van der Waals surface area contributed by atoms with Gasteiger partial charge in [-0.15, -0.1) is 0 Å². The maximum absolute atomic E-state index is 13.1. The number of nitrogens with two attached hydrogens (primary N) is 1. The number of carbonyl (C=O) groups excluding carboxylic acids is 2. The molecule has 4 aromatic rings. The van der Waals surface area contributed by atoms with Gasteiger partial charge in [0, 0.05) is 35.3 Å². The van der Waals surface area contributed by atoms with Crippen molar-refractivity contribution in [2.24, 2.45) is 5.73 Å². The smallest absolute Gasteiger partial charge is 0.263 e. The van der Waals surface area contributed by atoms with Gasteiger partial charge in [-0.3, -0.25) is 14.5 Å². The third-order valence-corrected chi connectivity index (χ3v) is 4.77. The molecule has 8 heteroatoms. The van der Waals surface area contributed by atoms with Crippen LogP contribution in [-0.2, 0) is 0 Å². The van der Waals surface area contributed by atoms with Crippen LogP contribution in [0.1, 0.15) is 26.3 Å². The maximum Gasteiger partial charge on any atom is 0.263 e. The molecular weight excluding hydrogens is 392 g/mol. The Bertz CT molecular complexity index is 1350. The van der Waals surface area contributed by atoms with Crippen LogP contribution >= 0.6 is 0 Å². The van der Waals surface area contributed by atoms with E-state index in [1.807, 2.05) is 6.07 Å². The number of anilines is 1. The predicted octanol–water partition coefficient (Wildman–Crippen LogP) is 3.16. The molecule has 0 spiro atoms. The number of rotatable bonds is 5. The second-order valence-electron chi connectivity index (χ2n) is 6.62. The highest BCUT2D eigenvalue weighted by Gasteiger charge is 2.18. The van der Waals surface area contributed by atoms with Crippen molar-refractivity contribution in [3.8, 4) is 17.2 Å². The van der Waals surface area contributed by atoms with Crippen molar-refractivity contribution in [1.82, 2.24) is 14.6 Å². The zero-order valence-electron chi connectivity index (χ0n) is 16.3. The van der Waals surface area contributed by atoms with Crippen LogP contribution in [0.2, 0.25) is 0 Å². The Labute approximate surface area is 177 Å². The van der Waals surface area contributed by atoms with Crippen molar-refractivity contribution in [3.05, 3.63) is 96.6 Å². The molecule has 4 rings (SSSR count). The van der Waals surface area contributed by atoms with Crippen molar-refractivity contribution in [2.75, 3.05) is 4.90 Å². The van der Waals surface area contributed by atoms with Gasteiger partial charge in [-0.1, -0.05) is 18.7 Å².